The number of nitrogens with zero attached hydrogens (tertiary/aromatic N) is 2. The standard InChI is InChI=1S/C35H16F6N2O6/c1-3-17-5-9-21-23(13-17)31(48)42(29(21)46)25-15-19(7-11-27(25)44)33(34(36,37)38,35(39,40)41)20-8-12-28(45)26(16-20)43-30(47)22-10-6-18(4-2)14-24(22)32(43)49/h1-2,5-16,44-45H. The Morgan fingerprint density at radius 2 is 0.857 bits per heavy atom. The summed E-state index contributed by atoms with van der Waals surface area (Å²) in [6.45, 7) is 0. The molecule has 2 N–H and O–H groups in total. The second-order valence-corrected chi connectivity index (χ2v) is 10.9. The van der Waals surface area contributed by atoms with Crippen molar-refractivity contribution in [2.75, 3.05) is 9.80 Å². The second-order valence-electron chi connectivity index (χ2n) is 10.9. The maximum atomic E-state index is 15.2. The van der Waals surface area contributed by atoms with E-state index < -0.39 is 75.4 Å². The number of carbonyl (C=O) groups is 4. The third-order valence-electron chi connectivity index (χ3n) is 8.26. The lowest BCUT2D eigenvalue weighted by atomic mass is 9.72. The minimum Gasteiger partial charge on any atom is -0.506 e. The molecule has 0 atom stereocenters. The first-order valence-corrected chi connectivity index (χ1v) is 13.8. The Labute approximate surface area is 271 Å². The number of terminal acetylenes is 2. The number of carbonyl (C=O) groups excluding carboxylic acids is 4. The molecule has 2 aliphatic heterocycles. The van der Waals surface area contributed by atoms with Gasteiger partial charge < -0.3 is 10.2 Å². The third-order valence-corrected chi connectivity index (χ3v) is 8.26. The van der Waals surface area contributed by atoms with Crippen molar-refractivity contribution < 1.29 is 55.7 Å². The van der Waals surface area contributed by atoms with Crippen LogP contribution in [0.25, 0.3) is 0 Å². The summed E-state index contributed by atoms with van der Waals surface area (Å²) in [6.07, 6.45) is -1.83. The molecule has 14 heteroatoms. The van der Waals surface area contributed by atoms with Crippen LogP contribution >= 0.6 is 0 Å². The molecule has 0 aromatic heterocycles. The highest BCUT2D eigenvalue weighted by molar-refractivity contribution is 6.35. The van der Waals surface area contributed by atoms with Crippen LogP contribution in [0.4, 0.5) is 37.7 Å². The average molecular weight is 675 g/mol. The van der Waals surface area contributed by atoms with Gasteiger partial charge in [-0.25, -0.2) is 9.80 Å². The van der Waals surface area contributed by atoms with E-state index in [9.17, 15) is 29.4 Å². The molecule has 49 heavy (non-hydrogen) atoms. The number of halogens is 6. The summed E-state index contributed by atoms with van der Waals surface area (Å²) in [5, 5.41) is 21.2. The number of phenolic OH excluding ortho intramolecular Hbond substituents is 2. The van der Waals surface area contributed by atoms with Crippen molar-refractivity contribution in [1.82, 2.24) is 0 Å². The van der Waals surface area contributed by atoms with Crippen molar-refractivity contribution in [3.05, 3.63) is 117 Å². The lowest BCUT2D eigenvalue weighted by Crippen LogP contribution is -2.55. The number of alkyl halides is 6. The van der Waals surface area contributed by atoms with Gasteiger partial charge in [0.15, 0.2) is 0 Å². The average Bonchev–Trinajstić information content (AvgIpc) is 3.44. The van der Waals surface area contributed by atoms with Gasteiger partial charge >= 0.3 is 12.4 Å². The SMILES string of the molecule is C#Cc1ccc2c(c1)C(=O)N(c1cc(C(c3ccc(O)c(N4C(=O)c5ccc(C#C)cc5C4=O)c3)(C(F)(F)F)C(F)(F)F)ccc1O)C2=O. The maximum absolute atomic E-state index is 15.2. The molecular formula is C35H16F6N2O6. The molecule has 4 amide bonds. The summed E-state index contributed by atoms with van der Waals surface area (Å²) in [7, 11) is 0. The van der Waals surface area contributed by atoms with Crippen molar-refractivity contribution >= 4 is 35.0 Å². The van der Waals surface area contributed by atoms with Crippen LogP contribution in [-0.4, -0.2) is 46.2 Å². The highest BCUT2D eigenvalue weighted by Crippen LogP contribution is 2.58. The molecule has 8 nitrogen and oxygen atoms in total. The zero-order valence-electron chi connectivity index (χ0n) is 24.3. The number of amides is 4. The lowest BCUT2D eigenvalue weighted by Gasteiger charge is -2.39. The van der Waals surface area contributed by atoms with Crippen LogP contribution in [0.1, 0.15) is 63.7 Å². The van der Waals surface area contributed by atoms with Crippen molar-refractivity contribution in [2.24, 2.45) is 0 Å². The van der Waals surface area contributed by atoms with Crippen LogP contribution < -0.4 is 9.80 Å². The van der Waals surface area contributed by atoms with Gasteiger partial charge in [-0.15, -0.1) is 12.8 Å². The Balaban J connectivity index is 1.56. The highest BCUT2D eigenvalue weighted by Gasteiger charge is 2.73. The zero-order chi connectivity index (χ0) is 35.8. The summed E-state index contributed by atoms with van der Waals surface area (Å²) in [4.78, 5) is 53.3. The van der Waals surface area contributed by atoms with Gasteiger partial charge in [0, 0.05) is 11.1 Å². The minimum atomic E-state index is -6.25. The third kappa shape index (κ3) is 4.52. The Hall–Kier alpha value is -6.54. The number of aromatic hydroxyl groups is 2. The maximum Gasteiger partial charge on any atom is 0.411 e. The molecule has 0 fully saturated rings. The van der Waals surface area contributed by atoms with E-state index >= 15 is 26.3 Å². The molecule has 4 aromatic carbocycles. The second kappa shape index (κ2) is 10.7. The minimum absolute atomic E-state index is 0.144. The summed E-state index contributed by atoms with van der Waals surface area (Å²) < 4.78 is 91.1. The smallest absolute Gasteiger partial charge is 0.411 e. The molecule has 0 spiro atoms. The predicted octanol–water partition coefficient (Wildman–Crippen LogP) is 6.07. The fourth-order valence-corrected chi connectivity index (χ4v) is 5.95. The molecule has 244 valence electrons. The van der Waals surface area contributed by atoms with Crippen LogP contribution in [0.15, 0.2) is 72.8 Å². The Kier molecular flexibility index (Phi) is 7.11. The van der Waals surface area contributed by atoms with Gasteiger partial charge in [0.05, 0.1) is 33.6 Å². The molecular weight excluding hydrogens is 658 g/mol. The van der Waals surface area contributed by atoms with Gasteiger partial charge in [-0.2, -0.15) is 26.3 Å². The molecule has 0 saturated heterocycles. The van der Waals surface area contributed by atoms with E-state index in [4.69, 9.17) is 12.8 Å². The molecule has 2 heterocycles. The number of hydrogen-bond acceptors (Lipinski definition) is 6. The van der Waals surface area contributed by atoms with E-state index in [1.54, 1.807) is 0 Å². The first kappa shape index (κ1) is 32.4. The number of imide groups is 2. The molecule has 4 aromatic rings. The molecule has 0 aliphatic carbocycles. The summed E-state index contributed by atoms with van der Waals surface area (Å²) >= 11 is 0. The van der Waals surface area contributed by atoms with Crippen LogP contribution in [0, 0.1) is 24.7 Å². The monoisotopic (exact) mass is 674 g/mol. The Bertz CT molecular complexity index is 2100. The Morgan fingerprint density at radius 3 is 1.18 bits per heavy atom. The van der Waals surface area contributed by atoms with Gasteiger partial charge in [-0.3, -0.25) is 19.2 Å². The van der Waals surface area contributed by atoms with Gasteiger partial charge in [-0.1, -0.05) is 24.0 Å². The van der Waals surface area contributed by atoms with Gasteiger partial charge in [0.2, 0.25) is 5.41 Å². The molecule has 0 saturated carbocycles. The van der Waals surface area contributed by atoms with Gasteiger partial charge in [-0.05, 0) is 71.8 Å². The number of phenols is 2. The number of hydrogen-bond donors (Lipinski definition) is 2. The van der Waals surface area contributed by atoms with Crippen molar-refractivity contribution in [3.63, 3.8) is 0 Å². The van der Waals surface area contributed by atoms with E-state index in [1.807, 2.05) is 0 Å². The first-order valence-electron chi connectivity index (χ1n) is 13.8. The van der Waals surface area contributed by atoms with Crippen molar-refractivity contribution in [1.29, 1.82) is 0 Å². The molecule has 0 unspecified atom stereocenters. The fraction of sp³-hybridized carbons (Fsp3) is 0.0857. The van der Waals surface area contributed by atoms with Crippen LogP contribution in [0.5, 0.6) is 11.5 Å². The topological polar surface area (TPSA) is 115 Å². The molecule has 0 radical (unpaired) electrons. The van der Waals surface area contributed by atoms with E-state index in [0.29, 0.717) is 24.3 Å². The van der Waals surface area contributed by atoms with Crippen LogP contribution in [0.2, 0.25) is 0 Å². The highest BCUT2D eigenvalue weighted by atomic mass is 19.4. The number of fused-ring (bicyclic) bond motifs is 2. The van der Waals surface area contributed by atoms with Crippen molar-refractivity contribution in [3.8, 4) is 36.2 Å². The zero-order valence-corrected chi connectivity index (χ0v) is 24.3. The Morgan fingerprint density at radius 1 is 0.510 bits per heavy atom. The summed E-state index contributed by atoms with van der Waals surface area (Å²) in [5.74, 6) is -2.26. The number of benzene rings is 4. The van der Waals surface area contributed by atoms with Gasteiger partial charge in [0.25, 0.3) is 23.6 Å². The molecule has 2 aliphatic rings. The lowest BCUT2D eigenvalue weighted by molar-refractivity contribution is -0.288. The van der Waals surface area contributed by atoms with Crippen LogP contribution in [-0.2, 0) is 5.41 Å². The molecule has 0 bridgehead atoms. The van der Waals surface area contributed by atoms with Crippen molar-refractivity contribution in [2.45, 2.75) is 17.8 Å². The van der Waals surface area contributed by atoms with E-state index in [2.05, 4.69) is 11.8 Å². The predicted molar refractivity (Wildman–Crippen MR) is 160 cm³/mol. The van der Waals surface area contributed by atoms with E-state index in [1.165, 1.54) is 12.1 Å². The largest absolute Gasteiger partial charge is 0.506 e. The number of anilines is 2. The quantitative estimate of drug-likeness (QED) is 0.154. The van der Waals surface area contributed by atoms with Crippen LogP contribution in [0.3, 0.4) is 0 Å². The number of rotatable bonds is 4. The fourth-order valence-electron chi connectivity index (χ4n) is 5.95. The van der Waals surface area contributed by atoms with Gasteiger partial charge in [0.1, 0.15) is 11.5 Å². The van der Waals surface area contributed by atoms with E-state index in [0.717, 1.165) is 24.3 Å². The molecule has 6 rings (SSSR count). The normalized spacial score (nSPS) is 14.5. The van der Waals surface area contributed by atoms with E-state index in [-0.39, 0.29) is 55.3 Å². The summed E-state index contributed by atoms with van der Waals surface area (Å²) in [6, 6.07) is 8.97. The first-order chi connectivity index (χ1) is 23.0. The summed E-state index contributed by atoms with van der Waals surface area (Å²) in [5.41, 5.74) is -11.1.